The molecule has 3 aromatic heterocycles. The minimum absolute atomic E-state index is 0.303. The number of furan rings is 3. The zero-order chi connectivity index (χ0) is 47.2. The molecule has 336 valence electrons. The van der Waals surface area contributed by atoms with Gasteiger partial charge in [-0.2, -0.15) is 0 Å². The van der Waals surface area contributed by atoms with Crippen LogP contribution in [0, 0.1) is 27.7 Å². The van der Waals surface area contributed by atoms with Gasteiger partial charge in [-0.15, -0.1) is 0 Å². The molecule has 0 spiro atoms. The summed E-state index contributed by atoms with van der Waals surface area (Å²) in [6, 6.07) is 66.0. The van der Waals surface area contributed by atoms with Gasteiger partial charge in [0.25, 0.3) is 0 Å². The Bertz CT molecular complexity index is 4350. The van der Waals surface area contributed by atoms with Gasteiger partial charge in [-0.25, -0.2) is 0 Å². The molecule has 5 nitrogen and oxygen atoms in total. The van der Waals surface area contributed by atoms with E-state index >= 15 is 0 Å². The van der Waals surface area contributed by atoms with E-state index in [0.29, 0.717) is 0 Å². The third-order valence-electron chi connectivity index (χ3n) is 15.2. The smallest absolute Gasteiger partial charge is 0.138 e. The second kappa shape index (κ2) is 14.7. The number of para-hydroxylation sites is 2. The van der Waals surface area contributed by atoms with Crippen molar-refractivity contribution in [2.45, 2.75) is 47.0 Å². The number of fused-ring (bicyclic) bond motifs is 14. The van der Waals surface area contributed by atoms with Crippen LogP contribution in [0.5, 0.6) is 0 Å². The monoisotopic (exact) mass is 904 g/mol. The molecule has 0 fully saturated rings. The molecule has 0 aliphatic heterocycles. The molecule has 70 heavy (non-hydrogen) atoms. The Kier molecular flexibility index (Phi) is 8.53. The molecule has 0 amide bonds. The first-order chi connectivity index (χ1) is 34.1. The molecule has 3 heterocycles. The third kappa shape index (κ3) is 5.91. The summed E-state index contributed by atoms with van der Waals surface area (Å²) in [5.41, 5.74) is 21.4. The molecule has 0 atom stereocenters. The van der Waals surface area contributed by atoms with Gasteiger partial charge in [0, 0.05) is 77.6 Å². The van der Waals surface area contributed by atoms with Crippen LogP contribution in [-0.4, -0.2) is 0 Å². The number of hydrogen-bond acceptors (Lipinski definition) is 5. The molecule has 0 saturated carbocycles. The molecule has 5 heteroatoms. The van der Waals surface area contributed by atoms with Gasteiger partial charge in [-0.05, 0) is 151 Å². The Morgan fingerprint density at radius 1 is 0.329 bits per heavy atom. The summed E-state index contributed by atoms with van der Waals surface area (Å²) in [6.45, 7) is 13.5. The van der Waals surface area contributed by atoms with E-state index in [1.165, 1.54) is 44.5 Å². The standard InChI is InChI=1S/C65H48N2O3/c1-37-19-25-55(39(3)29-37)66(41-22-27-60-50(31-41)46-14-9-11-17-58(46)68-60)43-21-24-44-49-35-62-52(34-54(49)65(5,6)53(44)33-43)64-48-16-8-7-13-45(48)57(36-63(64)70-62)67(56-26-20-38(2)30-40(56)4)42-23-28-61-51(32-42)47-15-10-12-18-59(47)69-61/h7-36H,1-6H3. The second-order valence-electron chi connectivity index (χ2n) is 20.0. The highest BCUT2D eigenvalue weighted by Gasteiger charge is 2.37. The molecule has 0 radical (unpaired) electrons. The van der Waals surface area contributed by atoms with Crippen LogP contribution in [0.4, 0.5) is 34.1 Å². The molecular weight excluding hydrogens is 857 g/mol. The van der Waals surface area contributed by atoms with Crippen LogP contribution >= 0.6 is 0 Å². The van der Waals surface area contributed by atoms with Crippen molar-refractivity contribution in [1.29, 1.82) is 0 Å². The lowest BCUT2D eigenvalue weighted by molar-refractivity contribution is 0.658. The molecule has 14 rings (SSSR count). The number of hydrogen-bond donors (Lipinski definition) is 0. The van der Waals surface area contributed by atoms with Crippen LogP contribution in [0.2, 0.25) is 0 Å². The number of rotatable bonds is 6. The van der Waals surface area contributed by atoms with E-state index in [9.17, 15) is 0 Å². The summed E-state index contributed by atoms with van der Waals surface area (Å²) >= 11 is 0. The van der Waals surface area contributed by atoms with Crippen molar-refractivity contribution >= 4 is 111 Å². The SMILES string of the molecule is Cc1ccc(N(c2ccc3c(c2)C(C)(C)c2cc4c(cc2-3)oc2cc(N(c3ccc5oc6ccccc6c5c3)c3ccc(C)cc3C)c3ccccc3c24)c2ccc3oc4ccccc4c3c2)c(C)c1. The number of nitrogens with zero attached hydrogens (tertiary/aromatic N) is 2. The summed E-state index contributed by atoms with van der Waals surface area (Å²) in [5.74, 6) is 0. The minimum Gasteiger partial charge on any atom is -0.456 e. The highest BCUT2D eigenvalue weighted by atomic mass is 16.3. The van der Waals surface area contributed by atoms with E-state index in [2.05, 4.69) is 209 Å². The van der Waals surface area contributed by atoms with E-state index in [1.54, 1.807) is 0 Å². The van der Waals surface area contributed by atoms with Crippen molar-refractivity contribution in [3.8, 4) is 11.1 Å². The zero-order valence-corrected chi connectivity index (χ0v) is 39.9. The Morgan fingerprint density at radius 2 is 0.829 bits per heavy atom. The largest absolute Gasteiger partial charge is 0.456 e. The predicted molar refractivity (Wildman–Crippen MR) is 292 cm³/mol. The summed E-state index contributed by atoms with van der Waals surface area (Å²) in [6.07, 6.45) is 0. The minimum atomic E-state index is -0.303. The lowest BCUT2D eigenvalue weighted by atomic mass is 9.81. The van der Waals surface area contributed by atoms with Gasteiger partial charge in [-0.3, -0.25) is 0 Å². The van der Waals surface area contributed by atoms with Gasteiger partial charge in [0.05, 0.1) is 5.69 Å². The first-order valence-electron chi connectivity index (χ1n) is 24.2. The number of anilines is 6. The van der Waals surface area contributed by atoms with Crippen LogP contribution in [-0.2, 0) is 5.41 Å². The van der Waals surface area contributed by atoms with E-state index < -0.39 is 0 Å². The average Bonchev–Trinajstić information content (AvgIpc) is 4.10. The van der Waals surface area contributed by atoms with Crippen molar-refractivity contribution in [3.63, 3.8) is 0 Å². The topological polar surface area (TPSA) is 45.9 Å². The molecule has 0 saturated heterocycles. The first kappa shape index (κ1) is 40.5. The fourth-order valence-electron chi connectivity index (χ4n) is 11.8. The summed E-state index contributed by atoms with van der Waals surface area (Å²) in [4.78, 5) is 4.81. The maximum atomic E-state index is 7.10. The quantitative estimate of drug-likeness (QED) is 0.166. The molecule has 1 aliphatic carbocycles. The van der Waals surface area contributed by atoms with Gasteiger partial charge in [-0.1, -0.05) is 116 Å². The zero-order valence-electron chi connectivity index (χ0n) is 39.9. The first-order valence-corrected chi connectivity index (χ1v) is 24.2. The lowest BCUT2D eigenvalue weighted by Crippen LogP contribution is -2.17. The molecule has 10 aromatic carbocycles. The van der Waals surface area contributed by atoms with Crippen molar-refractivity contribution < 1.29 is 13.3 Å². The maximum Gasteiger partial charge on any atom is 0.138 e. The maximum absolute atomic E-state index is 7.10. The lowest BCUT2D eigenvalue weighted by Gasteiger charge is -2.29. The summed E-state index contributed by atoms with van der Waals surface area (Å²) in [5, 5.41) is 8.97. The predicted octanol–water partition coefficient (Wildman–Crippen LogP) is 19.0. The Balaban J connectivity index is 0.938. The van der Waals surface area contributed by atoms with Crippen molar-refractivity contribution in [2.24, 2.45) is 0 Å². The third-order valence-corrected chi connectivity index (χ3v) is 15.2. The van der Waals surface area contributed by atoms with Crippen LogP contribution in [0.25, 0.3) is 87.7 Å². The highest BCUT2D eigenvalue weighted by molar-refractivity contribution is 6.23. The molecule has 0 unspecified atom stereocenters. The van der Waals surface area contributed by atoms with E-state index in [-0.39, 0.29) is 5.41 Å². The van der Waals surface area contributed by atoms with Crippen molar-refractivity contribution in [2.75, 3.05) is 9.80 Å². The van der Waals surface area contributed by atoms with Crippen molar-refractivity contribution in [3.05, 3.63) is 215 Å². The number of aryl methyl sites for hydroxylation is 4. The molecular formula is C65H48N2O3. The van der Waals surface area contributed by atoms with Gasteiger partial charge >= 0.3 is 0 Å². The molecule has 1 aliphatic rings. The Hall–Kier alpha value is -8.54. The van der Waals surface area contributed by atoms with Gasteiger partial charge in [0.1, 0.15) is 33.5 Å². The van der Waals surface area contributed by atoms with E-state index in [0.717, 1.165) is 111 Å². The van der Waals surface area contributed by atoms with Crippen LogP contribution < -0.4 is 9.80 Å². The molecule has 0 bridgehead atoms. The van der Waals surface area contributed by atoms with Gasteiger partial charge in [0.15, 0.2) is 0 Å². The average molecular weight is 905 g/mol. The number of benzene rings is 10. The van der Waals surface area contributed by atoms with Gasteiger partial charge in [0.2, 0.25) is 0 Å². The molecule has 13 aromatic rings. The van der Waals surface area contributed by atoms with Crippen LogP contribution in [0.1, 0.15) is 47.2 Å². The van der Waals surface area contributed by atoms with E-state index in [4.69, 9.17) is 13.3 Å². The fourth-order valence-corrected chi connectivity index (χ4v) is 11.8. The second-order valence-corrected chi connectivity index (χ2v) is 20.0. The van der Waals surface area contributed by atoms with E-state index in [1.807, 2.05) is 24.3 Å². The van der Waals surface area contributed by atoms with Crippen LogP contribution in [0.3, 0.4) is 0 Å². The normalized spacial score (nSPS) is 13.1. The van der Waals surface area contributed by atoms with Crippen LogP contribution in [0.15, 0.2) is 195 Å². The Labute approximate surface area is 405 Å². The summed E-state index contributed by atoms with van der Waals surface area (Å²) < 4.78 is 19.7. The summed E-state index contributed by atoms with van der Waals surface area (Å²) in [7, 11) is 0. The van der Waals surface area contributed by atoms with Crippen molar-refractivity contribution in [1.82, 2.24) is 0 Å². The molecule has 0 N–H and O–H groups in total. The van der Waals surface area contributed by atoms with Gasteiger partial charge < -0.3 is 23.1 Å². The Morgan fingerprint density at radius 3 is 1.46 bits per heavy atom. The highest BCUT2D eigenvalue weighted by Crippen LogP contribution is 2.54. The fraction of sp³-hybridized carbons (Fsp3) is 0.108.